The fourth-order valence-corrected chi connectivity index (χ4v) is 2.64. The molecule has 0 aliphatic heterocycles. The SMILES string of the molecule is CN(CCC(=O)O)CC(=O)N(C1=CCCCC1)C1CC1. The number of carbonyl (C=O) groups is 2. The maximum atomic E-state index is 12.5. The highest BCUT2D eigenvalue weighted by Gasteiger charge is 2.35. The Morgan fingerprint density at radius 3 is 2.65 bits per heavy atom. The molecule has 112 valence electrons. The van der Waals surface area contributed by atoms with Gasteiger partial charge in [-0.3, -0.25) is 14.5 Å². The minimum atomic E-state index is -0.821. The van der Waals surface area contributed by atoms with E-state index < -0.39 is 5.97 Å². The number of hydrogen-bond donors (Lipinski definition) is 1. The summed E-state index contributed by atoms with van der Waals surface area (Å²) in [5, 5.41) is 8.68. The number of aliphatic carboxylic acids is 1. The number of rotatable bonds is 7. The number of carbonyl (C=O) groups excluding carboxylic acids is 1. The predicted molar refractivity (Wildman–Crippen MR) is 76.2 cm³/mol. The first kappa shape index (κ1) is 15.0. The van der Waals surface area contributed by atoms with Crippen LogP contribution in [0.4, 0.5) is 0 Å². The number of hydrogen-bond acceptors (Lipinski definition) is 3. The lowest BCUT2D eigenvalue weighted by molar-refractivity contribution is -0.138. The third-order valence-corrected chi connectivity index (χ3v) is 3.87. The number of nitrogens with zero attached hydrogens (tertiary/aromatic N) is 2. The van der Waals surface area contributed by atoms with Crippen LogP contribution in [0, 0.1) is 0 Å². The number of allylic oxidation sites excluding steroid dienone is 2. The van der Waals surface area contributed by atoms with Gasteiger partial charge in [0.2, 0.25) is 5.91 Å². The van der Waals surface area contributed by atoms with Gasteiger partial charge in [0.1, 0.15) is 0 Å². The number of amides is 1. The van der Waals surface area contributed by atoms with E-state index in [1.807, 2.05) is 4.90 Å². The zero-order chi connectivity index (χ0) is 14.5. The molecular weight excluding hydrogens is 256 g/mol. The van der Waals surface area contributed by atoms with E-state index in [1.54, 1.807) is 11.9 Å². The van der Waals surface area contributed by atoms with Crippen LogP contribution in [-0.4, -0.2) is 53.0 Å². The molecule has 2 aliphatic rings. The fourth-order valence-electron chi connectivity index (χ4n) is 2.64. The first-order chi connectivity index (χ1) is 9.58. The van der Waals surface area contributed by atoms with Gasteiger partial charge in [0.15, 0.2) is 0 Å². The molecule has 0 atom stereocenters. The highest BCUT2D eigenvalue weighted by Crippen LogP contribution is 2.33. The highest BCUT2D eigenvalue weighted by atomic mass is 16.4. The molecule has 1 fully saturated rings. The van der Waals surface area contributed by atoms with Crippen molar-refractivity contribution in [2.45, 2.75) is 51.0 Å². The van der Waals surface area contributed by atoms with Crippen molar-refractivity contribution < 1.29 is 14.7 Å². The molecule has 0 spiro atoms. The van der Waals surface area contributed by atoms with Gasteiger partial charge in [-0.2, -0.15) is 0 Å². The fraction of sp³-hybridized carbons (Fsp3) is 0.733. The van der Waals surface area contributed by atoms with Crippen molar-refractivity contribution in [3.05, 3.63) is 11.8 Å². The summed E-state index contributed by atoms with van der Waals surface area (Å²) in [6.07, 6.45) is 8.93. The molecule has 0 aromatic heterocycles. The minimum Gasteiger partial charge on any atom is -0.481 e. The molecule has 0 bridgehead atoms. The monoisotopic (exact) mass is 280 g/mol. The Labute approximate surface area is 120 Å². The lowest BCUT2D eigenvalue weighted by Crippen LogP contribution is -2.40. The van der Waals surface area contributed by atoms with E-state index in [-0.39, 0.29) is 12.3 Å². The van der Waals surface area contributed by atoms with E-state index in [9.17, 15) is 9.59 Å². The van der Waals surface area contributed by atoms with E-state index in [4.69, 9.17) is 5.11 Å². The van der Waals surface area contributed by atoms with E-state index in [1.165, 1.54) is 12.1 Å². The van der Waals surface area contributed by atoms with Crippen LogP contribution < -0.4 is 0 Å². The molecule has 1 N–H and O–H groups in total. The van der Waals surface area contributed by atoms with Gasteiger partial charge in [-0.05, 0) is 45.6 Å². The van der Waals surface area contributed by atoms with Crippen LogP contribution >= 0.6 is 0 Å². The summed E-state index contributed by atoms with van der Waals surface area (Å²) in [5.41, 5.74) is 1.19. The second kappa shape index (κ2) is 6.88. The Hall–Kier alpha value is -1.36. The molecule has 0 radical (unpaired) electrons. The predicted octanol–water partition coefficient (Wildman–Crippen LogP) is 1.84. The summed E-state index contributed by atoms with van der Waals surface area (Å²) in [7, 11) is 1.81. The lowest BCUT2D eigenvalue weighted by Gasteiger charge is -2.29. The van der Waals surface area contributed by atoms with Crippen LogP contribution in [0.1, 0.15) is 44.9 Å². The van der Waals surface area contributed by atoms with Gasteiger partial charge in [0.05, 0.1) is 13.0 Å². The third kappa shape index (κ3) is 4.34. The van der Waals surface area contributed by atoms with Crippen LogP contribution in [-0.2, 0) is 9.59 Å². The van der Waals surface area contributed by atoms with E-state index in [2.05, 4.69) is 6.08 Å². The Kier molecular flexibility index (Phi) is 5.17. The smallest absolute Gasteiger partial charge is 0.304 e. The van der Waals surface area contributed by atoms with Crippen molar-refractivity contribution in [2.75, 3.05) is 20.1 Å². The quantitative estimate of drug-likeness (QED) is 0.773. The summed E-state index contributed by atoms with van der Waals surface area (Å²) in [6.45, 7) is 0.722. The molecular formula is C15H24N2O3. The molecule has 1 amide bonds. The van der Waals surface area contributed by atoms with Crippen molar-refractivity contribution in [1.82, 2.24) is 9.80 Å². The largest absolute Gasteiger partial charge is 0.481 e. The summed E-state index contributed by atoms with van der Waals surface area (Å²) >= 11 is 0. The second-order valence-corrected chi connectivity index (χ2v) is 5.82. The van der Waals surface area contributed by atoms with Crippen molar-refractivity contribution in [3.8, 4) is 0 Å². The average molecular weight is 280 g/mol. The topological polar surface area (TPSA) is 60.9 Å². The molecule has 0 unspecified atom stereocenters. The first-order valence-electron chi connectivity index (χ1n) is 7.49. The van der Waals surface area contributed by atoms with Crippen LogP contribution in [0.25, 0.3) is 0 Å². The molecule has 5 heteroatoms. The molecule has 2 rings (SSSR count). The number of carboxylic acid groups (broad SMARTS) is 1. The molecule has 0 aromatic carbocycles. The zero-order valence-corrected chi connectivity index (χ0v) is 12.2. The summed E-state index contributed by atoms with van der Waals surface area (Å²) in [6, 6.07) is 0.389. The van der Waals surface area contributed by atoms with Gasteiger partial charge in [-0.1, -0.05) is 6.08 Å². The Balaban J connectivity index is 1.90. The average Bonchev–Trinajstić information content (AvgIpc) is 3.22. The molecule has 1 saturated carbocycles. The maximum Gasteiger partial charge on any atom is 0.304 e. The van der Waals surface area contributed by atoms with Gasteiger partial charge in [0, 0.05) is 18.3 Å². The van der Waals surface area contributed by atoms with E-state index in [0.717, 1.165) is 32.1 Å². The Morgan fingerprint density at radius 1 is 1.35 bits per heavy atom. The summed E-state index contributed by atoms with van der Waals surface area (Å²) < 4.78 is 0. The third-order valence-electron chi connectivity index (χ3n) is 3.87. The Bertz CT molecular complexity index is 402. The van der Waals surface area contributed by atoms with Crippen LogP contribution in [0.5, 0.6) is 0 Å². The Morgan fingerprint density at radius 2 is 2.10 bits per heavy atom. The van der Waals surface area contributed by atoms with Crippen molar-refractivity contribution in [3.63, 3.8) is 0 Å². The van der Waals surface area contributed by atoms with E-state index in [0.29, 0.717) is 19.1 Å². The van der Waals surface area contributed by atoms with Crippen LogP contribution in [0.3, 0.4) is 0 Å². The molecule has 5 nitrogen and oxygen atoms in total. The zero-order valence-electron chi connectivity index (χ0n) is 12.2. The number of carboxylic acids is 1. The van der Waals surface area contributed by atoms with Gasteiger partial charge in [-0.25, -0.2) is 0 Å². The van der Waals surface area contributed by atoms with Gasteiger partial charge < -0.3 is 10.0 Å². The molecule has 0 heterocycles. The second-order valence-electron chi connectivity index (χ2n) is 5.82. The minimum absolute atomic E-state index is 0.0793. The highest BCUT2D eigenvalue weighted by molar-refractivity contribution is 5.81. The van der Waals surface area contributed by atoms with Gasteiger partial charge >= 0.3 is 5.97 Å². The van der Waals surface area contributed by atoms with Crippen molar-refractivity contribution in [2.24, 2.45) is 0 Å². The first-order valence-corrected chi connectivity index (χ1v) is 7.49. The van der Waals surface area contributed by atoms with Crippen molar-refractivity contribution >= 4 is 11.9 Å². The summed E-state index contributed by atoms with van der Waals surface area (Å²) in [4.78, 5) is 26.8. The van der Waals surface area contributed by atoms with Crippen LogP contribution in [0.15, 0.2) is 11.8 Å². The standard InChI is InChI=1S/C15H24N2O3/c1-16(10-9-15(19)20)11-14(18)17(13-7-8-13)12-5-3-2-4-6-12/h5,13H,2-4,6-11H2,1H3,(H,19,20). The van der Waals surface area contributed by atoms with Gasteiger partial charge in [0.25, 0.3) is 0 Å². The molecule has 2 aliphatic carbocycles. The van der Waals surface area contributed by atoms with E-state index >= 15 is 0 Å². The maximum absolute atomic E-state index is 12.5. The molecule has 20 heavy (non-hydrogen) atoms. The van der Waals surface area contributed by atoms with Crippen LogP contribution in [0.2, 0.25) is 0 Å². The molecule has 0 saturated heterocycles. The summed E-state index contributed by atoms with van der Waals surface area (Å²) in [5.74, 6) is -0.702. The normalized spacial score (nSPS) is 18.8. The molecule has 0 aromatic rings. The lowest BCUT2D eigenvalue weighted by atomic mass is 10.0. The number of likely N-dealkylation sites (N-methyl/N-ethyl adjacent to an activating group) is 1. The van der Waals surface area contributed by atoms with Gasteiger partial charge in [-0.15, -0.1) is 0 Å². The van der Waals surface area contributed by atoms with Crippen molar-refractivity contribution in [1.29, 1.82) is 0 Å².